The van der Waals surface area contributed by atoms with Crippen LogP contribution < -0.4 is 5.56 Å². The van der Waals surface area contributed by atoms with Gasteiger partial charge in [-0.25, -0.2) is 0 Å². The quantitative estimate of drug-likeness (QED) is 0.228. The van der Waals surface area contributed by atoms with Crippen LogP contribution in [0.1, 0.15) is 42.4 Å². The molecule has 5 rings (SSSR count). The van der Waals surface area contributed by atoms with Gasteiger partial charge in [0, 0.05) is 23.9 Å². The number of rotatable bonds is 9. The van der Waals surface area contributed by atoms with Crippen LogP contribution in [0.2, 0.25) is 0 Å². The van der Waals surface area contributed by atoms with E-state index in [9.17, 15) is 9.90 Å². The van der Waals surface area contributed by atoms with Gasteiger partial charge < -0.3 is 9.84 Å². The zero-order valence-electron chi connectivity index (χ0n) is 21.5. The number of nitrogens with zero attached hydrogens (tertiary/aromatic N) is 2. The van der Waals surface area contributed by atoms with Crippen molar-refractivity contribution in [1.29, 1.82) is 0 Å². The fourth-order valence-corrected chi connectivity index (χ4v) is 5.83. The molecule has 5 nitrogen and oxygen atoms in total. The SMILES string of the molecule is CCN(CC)Cc1cccc(COC(O)c2cc(-c3ccccc3C)c(=O)n3ccc4ccsc4c23)c1. The predicted molar refractivity (Wildman–Crippen MR) is 152 cm³/mol. The van der Waals surface area contributed by atoms with E-state index in [1.165, 1.54) is 5.56 Å². The summed E-state index contributed by atoms with van der Waals surface area (Å²) in [7, 11) is 0. The minimum absolute atomic E-state index is 0.111. The van der Waals surface area contributed by atoms with Gasteiger partial charge in [-0.15, -0.1) is 11.3 Å². The number of benzene rings is 2. The fourth-order valence-electron chi connectivity index (χ4n) is 4.88. The van der Waals surface area contributed by atoms with Crippen LogP contribution in [0, 0.1) is 6.92 Å². The van der Waals surface area contributed by atoms with Crippen molar-refractivity contribution in [3.05, 3.63) is 111 Å². The maximum atomic E-state index is 13.6. The standard InChI is InChI=1S/C31H32N2O3S/c1-4-32(5-2)19-22-10-8-11-23(17-22)20-36-31(35)27-18-26(25-12-7-6-9-21(25)3)30(34)33-15-13-24-14-16-37-29(24)28(27)33/h6-18,31,35H,4-5,19-20H2,1-3H3. The smallest absolute Gasteiger partial charge is 0.263 e. The summed E-state index contributed by atoms with van der Waals surface area (Å²) >= 11 is 1.56. The second-order valence-electron chi connectivity index (χ2n) is 9.32. The van der Waals surface area contributed by atoms with Crippen LogP contribution in [0.5, 0.6) is 0 Å². The molecule has 5 aromatic rings. The normalized spacial score (nSPS) is 12.6. The first-order valence-electron chi connectivity index (χ1n) is 12.7. The zero-order chi connectivity index (χ0) is 25.9. The van der Waals surface area contributed by atoms with E-state index in [1.54, 1.807) is 28.0 Å². The minimum atomic E-state index is -1.20. The molecule has 0 aliphatic carbocycles. The molecule has 1 N–H and O–H groups in total. The Kier molecular flexibility index (Phi) is 7.53. The highest BCUT2D eigenvalue weighted by Crippen LogP contribution is 2.33. The van der Waals surface area contributed by atoms with Gasteiger partial charge in [0.1, 0.15) is 0 Å². The Labute approximate surface area is 221 Å². The van der Waals surface area contributed by atoms with E-state index in [-0.39, 0.29) is 12.2 Å². The van der Waals surface area contributed by atoms with Crippen LogP contribution >= 0.6 is 11.3 Å². The van der Waals surface area contributed by atoms with E-state index in [4.69, 9.17) is 4.74 Å². The number of thiophene rings is 1. The van der Waals surface area contributed by atoms with E-state index in [0.717, 1.165) is 46.4 Å². The van der Waals surface area contributed by atoms with Gasteiger partial charge in [0.25, 0.3) is 5.56 Å². The zero-order valence-corrected chi connectivity index (χ0v) is 22.3. The molecule has 3 aromatic heterocycles. The largest absolute Gasteiger partial charge is 0.364 e. The van der Waals surface area contributed by atoms with Crippen LogP contribution in [0.25, 0.3) is 26.7 Å². The van der Waals surface area contributed by atoms with Crippen LogP contribution in [-0.2, 0) is 17.9 Å². The topological polar surface area (TPSA) is 54.2 Å². The molecular weight excluding hydrogens is 480 g/mol. The average molecular weight is 513 g/mol. The highest BCUT2D eigenvalue weighted by molar-refractivity contribution is 7.18. The van der Waals surface area contributed by atoms with E-state index < -0.39 is 6.29 Å². The third-order valence-corrected chi connectivity index (χ3v) is 7.92. The number of pyridine rings is 2. The number of hydrogen-bond acceptors (Lipinski definition) is 5. The number of fused-ring (bicyclic) bond motifs is 3. The van der Waals surface area contributed by atoms with Gasteiger partial charge in [-0.05, 0) is 71.2 Å². The molecule has 3 heterocycles. The fraction of sp³-hybridized carbons (Fsp3) is 0.258. The number of hydrogen-bond donors (Lipinski definition) is 1. The lowest BCUT2D eigenvalue weighted by atomic mass is 9.99. The summed E-state index contributed by atoms with van der Waals surface area (Å²) in [4.78, 5) is 16.0. The molecule has 1 atom stereocenters. The molecule has 1 unspecified atom stereocenters. The number of aliphatic hydroxyl groups is 1. The Balaban J connectivity index is 1.53. The Hall–Kier alpha value is -3.29. The van der Waals surface area contributed by atoms with Gasteiger partial charge in [0.2, 0.25) is 0 Å². The molecule has 37 heavy (non-hydrogen) atoms. The Morgan fingerprint density at radius 3 is 2.54 bits per heavy atom. The summed E-state index contributed by atoms with van der Waals surface area (Å²) in [5.41, 5.74) is 5.79. The van der Waals surface area contributed by atoms with Crippen molar-refractivity contribution in [2.24, 2.45) is 0 Å². The lowest BCUT2D eigenvalue weighted by molar-refractivity contribution is -0.111. The van der Waals surface area contributed by atoms with Gasteiger partial charge in [0.15, 0.2) is 6.29 Å². The molecule has 190 valence electrons. The molecule has 0 amide bonds. The molecule has 0 saturated carbocycles. The number of aromatic nitrogens is 1. The maximum absolute atomic E-state index is 13.6. The van der Waals surface area contributed by atoms with Gasteiger partial charge in [0.05, 0.1) is 16.8 Å². The second-order valence-corrected chi connectivity index (χ2v) is 10.2. The first kappa shape index (κ1) is 25.4. The lowest BCUT2D eigenvalue weighted by Crippen LogP contribution is -2.22. The molecule has 0 radical (unpaired) electrons. The van der Waals surface area contributed by atoms with Gasteiger partial charge in [-0.2, -0.15) is 0 Å². The second kappa shape index (κ2) is 11.0. The van der Waals surface area contributed by atoms with Crippen LogP contribution in [0.4, 0.5) is 0 Å². The van der Waals surface area contributed by atoms with Crippen LogP contribution in [0.3, 0.4) is 0 Å². The number of aryl methyl sites for hydroxylation is 1. The highest BCUT2D eigenvalue weighted by Gasteiger charge is 2.20. The van der Waals surface area contributed by atoms with Crippen LogP contribution in [-0.4, -0.2) is 27.5 Å². The molecule has 0 aliphatic heterocycles. The molecule has 0 aliphatic rings. The lowest BCUT2D eigenvalue weighted by Gasteiger charge is -2.19. The van der Waals surface area contributed by atoms with Gasteiger partial charge in [-0.3, -0.25) is 14.1 Å². The molecular formula is C31H32N2O3S. The molecule has 2 aromatic carbocycles. The van der Waals surface area contributed by atoms with E-state index in [2.05, 4.69) is 30.9 Å². The molecule has 0 spiro atoms. The summed E-state index contributed by atoms with van der Waals surface area (Å²) in [5.74, 6) is 0. The molecule has 0 fully saturated rings. The average Bonchev–Trinajstić information content (AvgIpc) is 3.41. The van der Waals surface area contributed by atoms with E-state index in [0.29, 0.717) is 16.6 Å². The molecule has 0 bridgehead atoms. The summed E-state index contributed by atoms with van der Waals surface area (Å²) < 4.78 is 8.65. The van der Waals surface area contributed by atoms with E-state index in [1.807, 2.05) is 60.8 Å². The van der Waals surface area contributed by atoms with E-state index >= 15 is 0 Å². The van der Waals surface area contributed by atoms with Crippen molar-refractivity contribution in [1.82, 2.24) is 9.30 Å². The van der Waals surface area contributed by atoms with Gasteiger partial charge >= 0.3 is 0 Å². The first-order chi connectivity index (χ1) is 18.0. The minimum Gasteiger partial charge on any atom is -0.364 e. The predicted octanol–water partition coefficient (Wildman–Crippen LogP) is 6.54. The molecule has 0 saturated heterocycles. The van der Waals surface area contributed by atoms with Crippen molar-refractivity contribution in [3.8, 4) is 11.1 Å². The highest BCUT2D eigenvalue weighted by atomic mass is 32.1. The van der Waals surface area contributed by atoms with Gasteiger partial charge in [-0.1, -0.05) is 62.4 Å². The molecule has 6 heteroatoms. The van der Waals surface area contributed by atoms with Crippen molar-refractivity contribution in [3.63, 3.8) is 0 Å². The van der Waals surface area contributed by atoms with Crippen LogP contribution in [0.15, 0.2) is 83.1 Å². The first-order valence-corrected chi connectivity index (χ1v) is 13.6. The summed E-state index contributed by atoms with van der Waals surface area (Å²) in [6, 6.07) is 21.9. The van der Waals surface area contributed by atoms with Crippen molar-refractivity contribution >= 4 is 26.9 Å². The summed E-state index contributed by atoms with van der Waals surface area (Å²) in [6.45, 7) is 9.46. The number of aliphatic hydroxyl groups excluding tert-OH is 1. The monoisotopic (exact) mass is 512 g/mol. The summed E-state index contributed by atoms with van der Waals surface area (Å²) in [5, 5.41) is 14.4. The van der Waals surface area contributed by atoms with Crippen molar-refractivity contribution in [2.75, 3.05) is 13.1 Å². The maximum Gasteiger partial charge on any atom is 0.263 e. The Morgan fingerprint density at radius 1 is 0.973 bits per heavy atom. The van der Waals surface area contributed by atoms with Crippen molar-refractivity contribution in [2.45, 2.75) is 40.2 Å². The van der Waals surface area contributed by atoms with Crippen molar-refractivity contribution < 1.29 is 9.84 Å². The summed E-state index contributed by atoms with van der Waals surface area (Å²) in [6.07, 6.45) is 0.596. The third kappa shape index (κ3) is 5.11. The number of ether oxygens (including phenoxy) is 1. The third-order valence-electron chi connectivity index (χ3n) is 6.98. The Bertz CT molecular complexity index is 1600. The Morgan fingerprint density at radius 2 is 1.76 bits per heavy atom.